The summed E-state index contributed by atoms with van der Waals surface area (Å²) in [5.74, 6) is 0.739. The summed E-state index contributed by atoms with van der Waals surface area (Å²) in [5, 5.41) is 8.36. The third-order valence-corrected chi connectivity index (χ3v) is 2.86. The molecule has 1 aromatic heterocycles. The van der Waals surface area contributed by atoms with E-state index in [1.54, 1.807) is 12.1 Å². The molecule has 96 valence electrons. The van der Waals surface area contributed by atoms with Gasteiger partial charge in [0.15, 0.2) is 5.82 Å². The van der Waals surface area contributed by atoms with E-state index in [1.165, 1.54) is 6.07 Å². The van der Waals surface area contributed by atoms with Crippen LogP contribution in [0.4, 0.5) is 4.39 Å². The fourth-order valence-corrected chi connectivity index (χ4v) is 1.97. The second-order valence-electron chi connectivity index (χ2n) is 3.92. The van der Waals surface area contributed by atoms with Crippen molar-refractivity contribution < 1.29 is 4.39 Å². The molecule has 18 heavy (non-hydrogen) atoms. The Morgan fingerprint density at radius 3 is 2.78 bits per heavy atom. The van der Waals surface area contributed by atoms with Crippen molar-refractivity contribution in [2.45, 2.75) is 26.4 Å². The lowest BCUT2D eigenvalue weighted by Crippen LogP contribution is -2.09. The number of hydrogen-bond donors (Lipinski definition) is 1. The molecule has 6 heteroatoms. The van der Waals surface area contributed by atoms with Gasteiger partial charge in [-0.05, 0) is 24.6 Å². The van der Waals surface area contributed by atoms with Crippen molar-refractivity contribution in [3.05, 3.63) is 34.9 Å². The standard InChI is InChI=1S/C12H14ClFN4/c1-2-5-18-11(7-15)16-17-12(18)9-4-3-8(13)6-10(9)14/h3-4,6H,2,5,7,15H2,1H3. The highest BCUT2D eigenvalue weighted by Crippen LogP contribution is 2.24. The van der Waals surface area contributed by atoms with Crippen LogP contribution < -0.4 is 5.73 Å². The zero-order chi connectivity index (χ0) is 13.1. The molecule has 0 aliphatic heterocycles. The first-order valence-corrected chi connectivity index (χ1v) is 6.12. The number of hydrogen-bond acceptors (Lipinski definition) is 3. The molecule has 0 spiro atoms. The van der Waals surface area contributed by atoms with Crippen molar-refractivity contribution in [2.75, 3.05) is 0 Å². The van der Waals surface area contributed by atoms with Crippen LogP contribution in [-0.2, 0) is 13.1 Å². The van der Waals surface area contributed by atoms with E-state index in [2.05, 4.69) is 10.2 Å². The fraction of sp³-hybridized carbons (Fsp3) is 0.333. The van der Waals surface area contributed by atoms with Crippen LogP contribution in [0.15, 0.2) is 18.2 Å². The van der Waals surface area contributed by atoms with Crippen molar-refractivity contribution in [3.63, 3.8) is 0 Å². The van der Waals surface area contributed by atoms with E-state index in [1.807, 2.05) is 11.5 Å². The minimum atomic E-state index is -0.407. The number of halogens is 2. The zero-order valence-electron chi connectivity index (χ0n) is 10.0. The first-order valence-electron chi connectivity index (χ1n) is 5.75. The SMILES string of the molecule is CCCn1c(CN)nnc1-c1ccc(Cl)cc1F. The van der Waals surface area contributed by atoms with Crippen LogP contribution in [0, 0.1) is 5.82 Å². The number of aromatic nitrogens is 3. The Labute approximate surface area is 110 Å². The predicted octanol–water partition coefficient (Wildman–Crippen LogP) is 2.61. The predicted molar refractivity (Wildman–Crippen MR) is 68.6 cm³/mol. The van der Waals surface area contributed by atoms with Crippen molar-refractivity contribution in [3.8, 4) is 11.4 Å². The van der Waals surface area contributed by atoms with Gasteiger partial charge >= 0.3 is 0 Å². The van der Waals surface area contributed by atoms with Crippen molar-refractivity contribution in [1.82, 2.24) is 14.8 Å². The Hall–Kier alpha value is -1.46. The molecule has 1 heterocycles. The van der Waals surface area contributed by atoms with Gasteiger partial charge in [-0.15, -0.1) is 10.2 Å². The molecule has 0 saturated carbocycles. The van der Waals surface area contributed by atoms with Crippen molar-refractivity contribution in [2.24, 2.45) is 5.73 Å². The molecular weight excluding hydrogens is 255 g/mol. The van der Waals surface area contributed by atoms with E-state index in [-0.39, 0.29) is 6.54 Å². The molecule has 2 rings (SSSR count). The minimum Gasteiger partial charge on any atom is -0.324 e. The first-order chi connectivity index (χ1) is 8.67. The highest BCUT2D eigenvalue weighted by atomic mass is 35.5. The lowest BCUT2D eigenvalue weighted by atomic mass is 10.2. The van der Waals surface area contributed by atoms with Gasteiger partial charge in [-0.1, -0.05) is 18.5 Å². The van der Waals surface area contributed by atoms with Gasteiger partial charge < -0.3 is 10.3 Å². The number of nitrogens with two attached hydrogens (primary N) is 1. The summed E-state index contributed by atoms with van der Waals surface area (Å²) in [6, 6.07) is 4.51. The smallest absolute Gasteiger partial charge is 0.166 e. The van der Waals surface area contributed by atoms with E-state index in [4.69, 9.17) is 17.3 Å². The van der Waals surface area contributed by atoms with Crippen LogP contribution in [0.2, 0.25) is 5.02 Å². The minimum absolute atomic E-state index is 0.280. The second-order valence-corrected chi connectivity index (χ2v) is 4.36. The Bertz CT molecular complexity index is 553. The van der Waals surface area contributed by atoms with Crippen molar-refractivity contribution >= 4 is 11.6 Å². The summed E-state index contributed by atoms with van der Waals surface area (Å²) >= 11 is 5.74. The van der Waals surface area contributed by atoms with Gasteiger partial charge in [0.2, 0.25) is 0 Å². The largest absolute Gasteiger partial charge is 0.324 e. The van der Waals surface area contributed by atoms with E-state index in [9.17, 15) is 4.39 Å². The maximum atomic E-state index is 13.9. The monoisotopic (exact) mass is 268 g/mol. The van der Waals surface area contributed by atoms with Gasteiger partial charge in [-0.3, -0.25) is 0 Å². The summed E-state index contributed by atoms with van der Waals surface area (Å²) < 4.78 is 15.7. The average Bonchev–Trinajstić information content (AvgIpc) is 2.73. The number of benzene rings is 1. The summed E-state index contributed by atoms with van der Waals surface area (Å²) in [6.45, 7) is 3.02. The van der Waals surface area contributed by atoms with Crippen LogP contribution in [0.1, 0.15) is 19.2 Å². The Morgan fingerprint density at radius 2 is 2.17 bits per heavy atom. The molecule has 0 bridgehead atoms. The van der Waals surface area contributed by atoms with Crippen LogP contribution in [0.5, 0.6) is 0 Å². The van der Waals surface area contributed by atoms with Gasteiger partial charge in [-0.2, -0.15) is 0 Å². The Morgan fingerprint density at radius 1 is 1.39 bits per heavy atom. The lowest BCUT2D eigenvalue weighted by molar-refractivity contribution is 0.618. The molecule has 0 atom stereocenters. The maximum Gasteiger partial charge on any atom is 0.166 e. The number of nitrogens with zero attached hydrogens (tertiary/aromatic N) is 3. The van der Waals surface area contributed by atoms with Gasteiger partial charge in [0.1, 0.15) is 11.6 Å². The molecule has 0 saturated heterocycles. The highest BCUT2D eigenvalue weighted by Gasteiger charge is 2.15. The normalized spacial score (nSPS) is 10.9. The van der Waals surface area contributed by atoms with E-state index in [0.29, 0.717) is 28.8 Å². The van der Waals surface area contributed by atoms with Crippen LogP contribution >= 0.6 is 11.6 Å². The Kier molecular flexibility index (Phi) is 3.93. The molecule has 1 aromatic carbocycles. The van der Waals surface area contributed by atoms with E-state index in [0.717, 1.165) is 6.42 Å². The van der Waals surface area contributed by atoms with Gasteiger partial charge in [0.05, 0.1) is 12.1 Å². The molecular formula is C12H14ClFN4. The summed E-state index contributed by atoms with van der Waals surface area (Å²) in [4.78, 5) is 0. The van der Waals surface area contributed by atoms with E-state index >= 15 is 0 Å². The van der Waals surface area contributed by atoms with Crippen LogP contribution in [-0.4, -0.2) is 14.8 Å². The van der Waals surface area contributed by atoms with Crippen LogP contribution in [0.25, 0.3) is 11.4 Å². The first kappa shape index (κ1) is 13.0. The summed E-state index contributed by atoms with van der Waals surface area (Å²) in [6.07, 6.45) is 0.896. The molecule has 0 aliphatic carbocycles. The molecule has 2 aromatic rings. The number of rotatable bonds is 4. The second kappa shape index (κ2) is 5.46. The van der Waals surface area contributed by atoms with Gasteiger partial charge in [-0.25, -0.2) is 4.39 Å². The molecule has 0 radical (unpaired) electrons. The topological polar surface area (TPSA) is 56.7 Å². The average molecular weight is 269 g/mol. The fourth-order valence-electron chi connectivity index (χ4n) is 1.81. The summed E-state index contributed by atoms with van der Waals surface area (Å²) in [7, 11) is 0. The van der Waals surface area contributed by atoms with Gasteiger partial charge in [0, 0.05) is 11.6 Å². The lowest BCUT2D eigenvalue weighted by Gasteiger charge is -2.08. The summed E-state index contributed by atoms with van der Waals surface area (Å²) in [5.41, 5.74) is 5.99. The quantitative estimate of drug-likeness (QED) is 0.927. The highest BCUT2D eigenvalue weighted by molar-refractivity contribution is 6.30. The molecule has 0 unspecified atom stereocenters. The third kappa shape index (κ3) is 2.37. The zero-order valence-corrected chi connectivity index (χ0v) is 10.8. The maximum absolute atomic E-state index is 13.9. The van der Waals surface area contributed by atoms with Crippen LogP contribution in [0.3, 0.4) is 0 Å². The van der Waals surface area contributed by atoms with Gasteiger partial charge in [0.25, 0.3) is 0 Å². The Balaban J connectivity index is 2.52. The molecule has 0 aliphatic rings. The molecule has 0 amide bonds. The molecule has 0 fully saturated rings. The van der Waals surface area contributed by atoms with E-state index < -0.39 is 5.82 Å². The molecule has 2 N–H and O–H groups in total. The van der Waals surface area contributed by atoms with Crippen molar-refractivity contribution in [1.29, 1.82) is 0 Å². The molecule has 4 nitrogen and oxygen atoms in total. The third-order valence-electron chi connectivity index (χ3n) is 2.63.